The molecule has 0 saturated heterocycles. The fourth-order valence-electron chi connectivity index (χ4n) is 4.61. The molecule has 11 heteroatoms. The van der Waals surface area contributed by atoms with Crippen LogP contribution in [0.4, 0.5) is 20.3 Å². The van der Waals surface area contributed by atoms with Gasteiger partial charge in [-0.1, -0.05) is 41.9 Å². The Morgan fingerprint density at radius 2 is 1.80 bits per heavy atom. The molecule has 0 fully saturated rings. The maximum Gasteiger partial charge on any atom is 0.284 e. The van der Waals surface area contributed by atoms with Crippen LogP contribution in [0.5, 0.6) is 0 Å². The highest BCUT2D eigenvalue weighted by Gasteiger charge is 2.56. The molecule has 4 aromatic rings. The number of hydrogen-bond acceptors (Lipinski definition) is 6. The predicted octanol–water partition coefficient (Wildman–Crippen LogP) is 4.92. The van der Waals surface area contributed by atoms with Crippen molar-refractivity contribution in [2.45, 2.75) is 17.9 Å². The predicted molar refractivity (Wildman–Crippen MR) is 146 cm³/mol. The Hall–Kier alpha value is -4.25. The number of hydrogen-bond donors (Lipinski definition) is 3. The Kier molecular flexibility index (Phi) is 7.33. The number of pyridine rings is 2. The molecule has 3 heterocycles. The van der Waals surface area contributed by atoms with Gasteiger partial charge in [0.05, 0.1) is 29.1 Å². The summed E-state index contributed by atoms with van der Waals surface area (Å²) in [4.78, 5) is 36.1. The number of benzene rings is 2. The van der Waals surface area contributed by atoms with E-state index in [1.54, 1.807) is 18.3 Å². The molecule has 1 aliphatic rings. The van der Waals surface area contributed by atoms with Gasteiger partial charge in [0.15, 0.2) is 5.60 Å². The van der Waals surface area contributed by atoms with Gasteiger partial charge in [0.2, 0.25) is 0 Å². The van der Waals surface area contributed by atoms with Crippen LogP contribution in [0.2, 0.25) is 5.02 Å². The fraction of sp³-hybridized carbons (Fsp3) is 0.172. The average molecular weight is 565 g/mol. The minimum Gasteiger partial charge on any atom is -0.393 e. The van der Waals surface area contributed by atoms with Crippen LogP contribution >= 0.6 is 11.6 Å². The molecular formula is C29H23ClF2N4O4. The summed E-state index contributed by atoms with van der Waals surface area (Å²) in [5, 5.41) is 23.3. The Labute approximate surface area is 232 Å². The second kappa shape index (κ2) is 10.7. The Morgan fingerprint density at radius 1 is 1.02 bits per heavy atom. The van der Waals surface area contributed by atoms with Gasteiger partial charge in [-0.25, -0.2) is 13.8 Å². The molecule has 0 spiro atoms. The van der Waals surface area contributed by atoms with E-state index in [4.69, 9.17) is 11.6 Å². The lowest BCUT2D eigenvalue weighted by Gasteiger charge is -2.33. The van der Waals surface area contributed by atoms with Crippen molar-refractivity contribution in [3.8, 4) is 11.3 Å². The van der Waals surface area contributed by atoms with Gasteiger partial charge in [-0.05, 0) is 42.5 Å². The third-order valence-electron chi connectivity index (χ3n) is 6.78. The lowest BCUT2D eigenvalue weighted by molar-refractivity contribution is -0.205. The summed E-state index contributed by atoms with van der Waals surface area (Å²) >= 11 is 6.01. The molecular weight excluding hydrogens is 542 g/mol. The first kappa shape index (κ1) is 27.3. The van der Waals surface area contributed by atoms with Crippen molar-refractivity contribution in [1.29, 1.82) is 0 Å². The minimum atomic E-state index is -3.74. The number of alkyl halides is 2. The zero-order valence-corrected chi connectivity index (χ0v) is 21.6. The number of anilines is 2. The van der Waals surface area contributed by atoms with Gasteiger partial charge >= 0.3 is 0 Å². The van der Waals surface area contributed by atoms with E-state index in [9.17, 15) is 28.6 Å². The van der Waals surface area contributed by atoms with Gasteiger partial charge in [-0.15, -0.1) is 0 Å². The first-order valence-corrected chi connectivity index (χ1v) is 12.6. The Balaban J connectivity index is 1.40. The smallest absolute Gasteiger partial charge is 0.284 e. The number of nitrogens with one attached hydrogen (secondary N) is 1. The van der Waals surface area contributed by atoms with Gasteiger partial charge < -0.3 is 20.4 Å². The van der Waals surface area contributed by atoms with Gasteiger partial charge in [0.1, 0.15) is 5.82 Å². The van der Waals surface area contributed by atoms with E-state index in [2.05, 4.69) is 15.3 Å². The summed E-state index contributed by atoms with van der Waals surface area (Å²) in [5.74, 6) is -4.70. The number of fused-ring (bicyclic) bond motifs is 1. The average Bonchev–Trinajstić information content (AvgIpc) is 3.05. The van der Waals surface area contributed by atoms with Crippen LogP contribution in [0.1, 0.15) is 32.7 Å². The van der Waals surface area contributed by atoms with E-state index >= 15 is 0 Å². The topological polar surface area (TPSA) is 116 Å². The highest BCUT2D eigenvalue weighted by molar-refractivity contribution is 6.30. The molecule has 1 aliphatic heterocycles. The van der Waals surface area contributed by atoms with Crippen molar-refractivity contribution in [3.63, 3.8) is 0 Å². The number of carbonyl (C=O) groups is 2. The normalized spacial score (nSPS) is 18.0. The Bertz CT molecular complexity index is 1570. The van der Waals surface area contributed by atoms with Crippen LogP contribution < -0.4 is 10.2 Å². The van der Waals surface area contributed by atoms with E-state index in [0.717, 1.165) is 16.5 Å². The summed E-state index contributed by atoms with van der Waals surface area (Å²) < 4.78 is 29.9. The molecule has 2 amide bonds. The summed E-state index contributed by atoms with van der Waals surface area (Å²) in [5.41, 5.74) is -1.66. The summed E-state index contributed by atoms with van der Waals surface area (Å²) in [6.45, 7) is -1.71. The first-order chi connectivity index (χ1) is 19.1. The molecule has 0 radical (unpaired) electrons. The number of nitrogens with zero attached hydrogens (tertiary/aromatic N) is 3. The molecule has 40 heavy (non-hydrogen) atoms. The van der Waals surface area contributed by atoms with Crippen LogP contribution in [-0.4, -0.2) is 51.1 Å². The third-order valence-corrected chi connectivity index (χ3v) is 7.01. The monoisotopic (exact) mass is 564 g/mol. The van der Waals surface area contributed by atoms with Crippen molar-refractivity contribution in [2.75, 3.05) is 23.4 Å². The van der Waals surface area contributed by atoms with Crippen LogP contribution in [0.15, 0.2) is 85.2 Å². The van der Waals surface area contributed by atoms with Crippen LogP contribution in [0, 0.1) is 0 Å². The van der Waals surface area contributed by atoms with E-state index in [1.165, 1.54) is 30.5 Å². The molecule has 2 aromatic carbocycles. The number of carbonyl (C=O) groups excluding carboxylic acids is 2. The fourth-order valence-corrected chi connectivity index (χ4v) is 4.78. The lowest BCUT2D eigenvalue weighted by atomic mass is 9.86. The molecule has 8 nitrogen and oxygen atoms in total. The van der Waals surface area contributed by atoms with Gasteiger partial charge in [0, 0.05) is 41.5 Å². The first-order valence-electron chi connectivity index (χ1n) is 12.3. The highest BCUT2D eigenvalue weighted by Crippen LogP contribution is 2.47. The quantitative estimate of drug-likeness (QED) is 0.317. The van der Waals surface area contributed by atoms with Crippen molar-refractivity contribution < 1.29 is 28.6 Å². The number of rotatable bonds is 5. The van der Waals surface area contributed by atoms with Gasteiger partial charge in [0.25, 0.3) is 17.7 Å². The van der Waals surface area contributed by atoms with Gasteiger partial charge in [-0.3, -0.25) is 14.6 Å². The second-order valence-corrected chi connectivity index (χ2v) is 9.68. The van der Waals surface area contributed by atoms with E-state index in [0.29, 0.717) is 11.3 Å². The van der Waals surface area contributed by atoms with E-state index in [1.807, 2.05) is 30.3 Å². The van der Waals surface area contributed by atoms with Crippen molar-refractivity contribution >= 4 is 34.9 Å². The van der Waals surface area contributed by atoms with Crippen molar-refractivity contribution in [2.24, 2.45) is 0 Å². The molecule has 1 atom stereocenters. The van der Waals surface area contributed by atoms with Crippen molar-refractivity contribution in [1.82, 2.24) is 9.97 Å². The molecule has 3 N–H and O–H groups in total. The summed E-state index contributed by atoms with van der Waals surface area (Å²) in [7, 11) is 0. The number of amides is 2. The highest BCUT2D eigenvalue weighted by atomic mass is 35.5. The zero-order chi connectivity index (χ0) is 28.5. The molecule has 204 valence electrons. The van der Waals surface area contributed by atoms with Gasteiger partial charge in [-0.2, -0.15) is 0 Å². The van der Waals surface area contributed by atoms with E-state index < -0.39 is 42.9 Å². The van der Waals surface area contributed by atoms with Crippen LogP contribution in [-0.2, 0) is 5.60 Å². The number of halogens is 3. The standard InChI is InChI=1S/C29H23ClF2N4O4/c30-20-9-10-23-22(15-20)28(40,17-37)29(31,32)12-14-36(23)27(39)19-8-11-24(34-16-19)35-26(38)21-7-4-13-33-25(21)18-5-2-1-3-6-18/h1-11,13,15-16,37,40H,12,14,17H2,(H,34,35,38)/t28-/m0/s1. The lowest BCUT2D eigenvalue weighted by Crippen LogP contribution is -2.48. The zero-order valence-electron chi connectivity index (χ0n) is 20.9. The number of aromatic nitrogens is 2. The largest absolute Gasteiger partial charge is 0.393 e. The summed E-state index contributed by atoms with van der Waals surface area (Å²) in [6.07, 6.45) is 1.90. The number of aliphatic hydroxyl groups is 2. The minimum absolute atomic E-state index is 0.00877. The molecule has 2 aromatic heterocycles. The number of aliphatic hydroxyl groups excluding tert-OH is 1. The third kappa shape index (κ3) is 4.92. The molecule has 0 saturated carbocycles. The summed E-state index contributed by atoms with van der Waals surface area (Å²) in [6, 6.07) is 19.2. The maximum atomic E-state index is 15.0. The SMILES string of the molecule is O=C(Nc1ccc(C(=O)N2CCC(F)(F)[C@](O)(CO)c3cc(Cl)ccc32)cn1)c1cccnc1-c1ccccc1. The van der Waals surface area contributed by atoms with Crippen LogP contribution in [0.3, 0.4) is 0 Å². The molecule has 0 bridgehead atoms. The van der Waals surface area contributed by atoms with Crippen LogP contribution in [0.25, 0.3) is 11.3 Å². The van der Waals surface area contributed by atoms with E-state index in [-0.39, 0.29) is 27.7 Å². The second-order valence-electron chi connectivity index (χ2n) is 9.24. The molecule has 0 aliphatic carbocycles. The Morgan fingerprint density at radius 3 is 2.50 bits per heavy atom. The maximum absolute atomic E-state index is 15.0. The molecule has 0 unspecified atom stereocenters. The van der Waals surface area contributed by atoms with Crippen molar-refractivity contribution in [3.05, 3.63) is 107 Å². The molecule has 5 rings (SSSR count).